The van der Waals surface area contributed by atoms with Gasteiger partial charge in [-0.05, 0) is 42.8 Å². The lowest BCUT2D eigenvalue weighted by Crippen LogP contribution is -2.28. The highest BCUT2D eigenvalue weighted by Gasteiger charge is 2.38. The maximum atomic E-state index is 14.9. The molecule has 1 atom stereocenters. The van der Waals surface area contributed by atoms with E-state index in [2.05, 4.69) is 20.4 Å². The summed E-state index contributed by atoms with van der Waals surface area (Å²) in [6.07, 6.45) is -5.59. The number of nitrogens with two attached hydrogens (primary N) is 1. The number of hydrogen-bond acceptors (Lipinski definition) is 7. The number of H-pyrrole nitrogens is 1. The average Bonchev–Trinajstić information content (AvgIpc) is 2.88. The van der Waals surface area contributed by atoms with Gasteiger partial charge in [-0.1, -0.05) is 6.92 Å². The first-order valence-corrected chi connectivity index (χ1v) is 12.1. The van der Waals surface area contributed by atoms with Crippen molar-refractivity contribution in [3.05, 3.63) is 74.6 Å². The Morgan fingerprint density at radius 3 is 2.46 bits per heavy atom. The van der Waals surface area contributed by atoms with Crippen molar-refractivity contribution in [1.29, 1.82) is 0 Å². The third kappa shape index (κ3) is 6.30. The summed E-state index contributed by atoms with van der Waals surface area (Å²) in [4.78, 5) is 31.6. The van der Waals surface area contributed by atoms with Gasteiger partial charge < -0.3 is 15.6 Å². The van der Waals surface area contributed by atoms with E-state index < -0.39 is 58.1 Å². The number of fused-ring (bicyclic) bond motifs is 1. The lowest BCUT2D eigenvalue weighted by Gasteiger charge is -2.20. The van der Waals surface area contributed by atoms with Crippen LogP contribution in [0.1, 0.15) is 37.4 Å². The Balaban J connectivity index is 1.52. The van der Waals surface area contributed by atoms with Crippen LogP contribution in [-0.2, 0) is 18.9 Å². The number of anilines is 2. The van der Waals surface area contributed by atoms with Gasteiger partial charge in [-0.3, -0.25) is 9.59 Å². The van der Waals surface area contributed by atoms with Crippen LogP contribution < -0.4 is 22.2 Å². The van der Waals surface area contributed by atoms with Gasteiger partial charge in [0.1, 0.15) is 11.4 Å². The number of pyridine rings is 1. The van der Waals surface area contributed by atoms with Crippen LogP contribution >= 0.6 is 0 Å². The average molecular weight is 585 g/mol. The van der Waals surface area contributed by atoms with Crippen LogP contribution in [-0.4, -0.2) is 30.8 Å². The van der Waals surface area contributed by atoms with Crippen molar-refractivity contribution in [2.75, 3.05) is 11.1 Å². The number of benzene rings is 1. The summed E-state index contributed by atoms with van der Waals surface area (Å²) in [5.41, 5.74) is -0.254. The van der Waals surface area contributed by atoms with Crippen LogP contribution in [0.25, 0.3) is 22.0 Å². The molecule has 4 rings (SSSR count). The number of nitrogen functional groups attached to an aromatic ring is 1. The summed E-state index contributed by atoms with van der Waals surface area (Å²) >= 11 is 0. The van der Waals surface area contributed by atoms with Crippen LogP contribution in [0.15, 0.2) is 46.4 Å². The van der Waals surface area contributed by atoms with E-state index in [9.17, 15) is 40.3 Å². The van der Waals surface area contributed by atoms with Crippen LogP contribution in [0.3, 0.4) is 0 Å². The summed E-state index contributed by atoms with van der Waals surface area (Å²) in [6, 6.07) is 3.22. The molecule has 4 aromatic rings. The van der Waals surface area contributed by atoms with Crippen molar-refractivity contribution in [2.45, 2.75) is 51.1 Å². The molecule has 0 amide bonds. The molecule has 0 aliphatic carbocycles. The van der Waals surface area contributed by atoms with Crippen molar-refractivity contribution in [1.82, 2.24) is 24.7 Å². The largest absolute Gasteiger partial charge is 0.437 e. The van der Waals surface area contributed by atoms with Gasteiger partial charge in [-0.25, -0.2) is 19.5 Å². The molecule has 0 unspecified atom stereocenters. The van der Waals surface area contributed by atoms with Gasteiger partial charge in [-0.15, -0.1) is 0 Å². The molecule has 3 heterocycles. The minimum Gasteiger partial charge on any atom is -0.382 e. The van der Waals surface area contributed by atoms with Crippen molar-refractivity contribution >= 4 is 22.3 Å². The molecular weight excluding hydrogens is 563 g/mol. The van der Waals surface area contributed by atoms with Gasteiger partial charge in [0.15, 0.2) is 11.5 Å². The third-order valence-electron chi connectivity index (χ3n) is 6.35. The molecule has 0 fully saturated rings. The quantitative estimate of drug-likeness (QED) is 0.249. The van der Waals surface area contributed by atoms with Gasteiger partial charge in [-0.2, -0.15) is 31.4 Å². The maximum absolute atomic E-state index is 14.9. The molecule has 41 heavy (non-hydrogen) atoms. The highest BCUT2D eigenvalue weighted by Crippen LogP contribution is 2.34. The number of alkyl halides is 6. The van der Waals surface area contributed by atoms with Crippen LogP contribution in [0, 0.1) is 5.82 Å². The Bertz CT molecular complexity index is 1700. The number of hydrogen-bond donors (Lipinski definition) is 3. The summed E-state index contributed by atoms with van der Waals surface area (Å²) in [6.45, 7) is 1.89. The topological polar surface area (TPSA) is 132 Å². The van der Waals surface area contributed by atoms with E-state index in [0.717, 1.165) is 18.5 Å². The highest BCUT2D eigenvalue weighted by atomic mass is 19.4. The Morgan fingerprint density at radius 2 is 1.83 bits per heavy atom. The van der Waals surface area contributed by atoms with Crippen LogP contribution in [0.4, 0.5) is 42.2 Å². The second-order valence-corrected chi connectivity index (χ2v) is 9.10. The van der Waals surface area contributed by atoms with E-state index in [1.54, 1.807) is 12.0 Å². The van der Waals surface area contributed by atoms with Gasteiger partial charge >= 0.3 is 12.4 Å². The van der Waals surface area contributed by atoms with Crippen molar-refractivity contribution in [3.63, 3.8) is 0 Å². The minimum atomic E-state index is -4.89. The smallest absolute Gasteiger partial charge is 0.382 e. The van der Waals surface area contributed by atoms with Crippen molar-refractivity contribution in [3.8, 4) is 11.3 Å². The monoisotopic (exact) mass is 585 g/mol. The number of rotatable bonds is 8. The van der Waals surface area contributed by atoms with Gasteiger partial charge in [0, 0.05) is 24.3 Å². The first kappa shape index (κ1) is 29.5. The lowest BCUT2D eigenvalue weighted by molar-refractivity contribution is -0.140. The molecule has 1 aromatic carbocycles. The molecule has 0 bridgehead atoms. The molecule has 0 saturated heterocycles. The van der Waals surface area contributed by atoms with E-state index >= 15 is 0 Å². The summed E-state index contributed by atoms with van der Waals surface area (Å²) in [5, 5.41) is 8.18. The molecule has 3 aromatic heterocycles. The second kappa shape index (κ2) is 11.2. The SMILES string of the molecule is CC[C@@H](CCCn1ccc2cc(-c3cnc(C(F)(F)F)c(N)n3)c(F)cc2c1=O)Nc1cn[nH]c(=O)c1C(F)(F)F. The summed E-state index contributed by atoms with van der Waals surface area (Å²) < 4.78 is 95.0. The van der Waals surface area contributed by atoms with E-state index in [0.29, 0.717) is 19.3 Å². The normalized spacial score (nSPS) is 13.0. The number of nitrogens with zero attached hydrogens (tertiary/aromatic N) is 4. The van der Waals surface area contributed by atoms with Gasteiger partial charge in [0.25, 0.3) is 11.1 Å². The number of halogens is 7. The zero-order chi connectivity index (χ0) is 30.1. The number of aromatic amines is 1. The number of aromatic nitrogens is 5. The molecule has 0 aliphatic rings. The first-order chi connectivity index (χ1) is 19.2. The molecular formula is C25H22F7N7O2. The Kier molecular flexibility index (Phi) is 8.03. The summed E-state index contributed by atoms with van der Waals surface area (Å²) in [7, 11) is 0. The summed E-state index contributed by atoms with van der Waals surface area (Å²) in [5.74, 6) is -1.85. The maximum Gasteiger partial charge on any atom is 0.437 e. The fourth-order valence-electron chi connectivity index (χ4n) is 4.33. The first-order valence-electron chi connectivity index (χ1n) is 12.1. The lowest BCUT2D eigenvalue weighted by atomic mass is 10.1. The van der Waals surface area contributed by atoms with Crippen LogP contribution in [0.5, 0.6) is 0 Å². The van der Waals surface area contributed by atoms with Crippen LogP contribution in [0.2, 0.25) is 0 Å². The Morgan fingerprint density at radius 1 is 1.10 bits per heavy atom. The standard InChI is InChI=1S/C25H22F7N7O2/c1-2-13(36-18-11-35-38-22(40)19(18)24(27,28)29)4-3-6-39-7-5-12-8-15(16(26)9-14(12)23(39)41)17-10-34-20(21(33)37-17)25(30,31)32/h5,7-11,13H,2-4,6H2,1H3,(H2,33,37)(H2,36,38,40)/t13-/m0/s1. The van der Waals surface area contributed by atoms with Crippen molar-refractivity contribution < 1.29 is 30.7 Å². The van der Waals surface area contributed by atoms with Gasteiger partial charge in [0.05, 0.1) is 29.2 Å². The molecule has 9 nitrogen and oxygen atoms in total. The van der Waals surface area contributed by atoms with E-state index in [1.807, 2.05) is 0 Å². The molecule has 0 radical (unpaired) electrons. The highest BCUT2D eigenvalue weighted by molar-refractivity contribution is 5.86. The fourth-order valence-corrected chi connectivity index (χ4v) is 4.33. The fraction of sp³-hybridized carbons (Fsp3) is 0.320. The molecule has 0 saturated carbocycles. The molecule has 218 valence electrons. The Hall–Kier alpha value is -4.50. The Labute approximate surface area is 226 Å². The van der Waals surface area contributed by atoms with E-state index in [4.69, 9.17) is 5.73 Å². The van der Waals surface area contributed by atoms with Gasteiger partial charge in [0.2, 0.25) is 0 Å². The predicted molar refractivity (Wildman–Crippen MR) is 135 cm³/mol. The molecule has 4 N–H and O–H groups in total. The molecule has 0 spiro atoms. The predicted octanol–water partition coefficient (Wildman–Crippen LogP) is 4.97. The zero-order valence-electron chi connectivity index (χ0n) is 21.2. The van der Waals surface area contributed by atoms with Crippen molar-refractivity contribution in [2.24, 2.45) is 0 Å². The zero-order valence-corrected chi connectivity index (χ0v) is 21.2. The third-order valence-corrected chi connectivity index (χ3v) is 6.35. The number of nitrogens with one attached hydrogen (secondary N) is 2. The minimum absolute atomic E-state index is 0.00355. The number of aryl methyl sites for hydroxylation is 1. The molecule has 0 aliphatic heterocycles. The van der Waals surface area contributed by atoms with E-state index in [-0.39, 0.29) is 28.6 Å². The molecule has 16 heteroatoms. The second-order valence-electron chi connectivity index (χ2n) is 9.10. The van der Waals surface area contributed by atoms with E-state index in [1.165, 1.54) is 22.9 Å².